The molecular weight excluding hydrogens is 340 g/mol. The van der Waals surface area contributed by atoms with Gasteiger partial charge in [0, 0.05) is 38.3 Å². The van der Waals surface area contributed by atoms with Crippen molar-refractivity contribution < 1.29 is 4.74 Å². The van der Waals surface area contributed by atoms with Gasteiger partial charge < -0.3 is 9.64 Å². The van der Waals surface area contributed by atoms with Crippen LogP contribution in [0.15, 0.2) is 35.1 Å². The van der Waals surface area contributed by atoms with Gasteiger partial charge in [-0.3, -0.25) is 14.7 Å². The van der Waals surface area contributed by atoms with Crippen LogP contribution in [0.25, 0.3) is 0 Å². The summed E-state index contributed by atoms with van der Waals surface area (Å²) in [6, 6.07) is 10.5. The molecule has 1 N–H and O–H groups in total. The number of aromatic amines is 1. The van der Waals surface area contributed by atoms with Gasteiger partial charge in [-0.15, -0.1) is 0 Å². The number of fused-ring (bicyclic) bond motifs is 1. The van der Waals surface area contributed by atoms with E-state index in [0.29, 0.717) is 5.95 Å². The highest BCUT2D eigenvalue weighted by Crippen LogP contribution is 2.20. The van der Waals surface area contributed by atoms with Crippen LogP contribution >= 0.6 is 0 Å². The molecule has 0 radical (unpaired) electrons. The smallest absolute Gasteiger partial charge is 0.255 e. The average molecular weight is 368 g/mol. The highest BCUT2D eigenvalue weighted by molar-refractivity contribution is 5.35. The van der Waals surface area contributed by atoms with Crippen molar-refractivity contribution in [2.24, 2.45) is 0 Å². The monoisotopic (exact) mass is 368 g/mol. The molecule has 1 aromatic carbocycles. The second-order valence-electron chi connectivity index (χ2n) is 7.74. The predicted molar refractivity (Wildman–Crippen MR) is 106 cm³/mol. The largest absolute Gasteiger partial charge is 0.372 e. The molecule has 1 fully saturated rings. The van der Waals surface area contributed by atoms with Crippen molar-refractivity contribution in [1.29, 1.82) is 0 Å². The lowest BCUT2D eigenvalue weighted by molar-refractivity contribution is -0.00576. The summed E-state index contributed by atoms with van der Waals surface area (Å²) >= 11 is 0. The van der Waals surface area contributed by atoms with E-state index in [1.54, 1.807) is 0 Å². The topological polar surface area (TPSA) is 61.5 Å². The highest BCUT2D eigenvalue weighted by atomic mass is 16.5. The van der Waals surface area contributed by atoms with Crippen LogP contribution in [0.4, 0.5) is 5.95 Å². The highest BCUT2D eigenvalue weighted by Gasteiger charge is 2.26. The molecule has 144 valence electrons. The Balaban J connectivity index is 1.48. The van der Waals surface area contributed by atoms with Gasteiger partial charge in [-0.1, -0.05) is 30.3 Å². The van der Waals surface area contributed by atoms with Crippen LogP contribution in [0.3, 0.4) is 0 Å². The number of aromatic nitrogens is 2. The fourth-order valence-electron chi connectivity index (χ4n) is 4.10. The first-order valence-corrected chi connectivity index (χ1v) is 9.87. The Morgan fingerprint density at radius 2 is 1.93 bits per heavy atom. The van der Waals surface area contributed by atoms with Gasteiger partial charge in [0.2, 0.25) is 5.95 Å². The maximum absolute atomic E-state index is 12.6. The first-order valence-electron chi connectivity index (χ1n) is 9.87. The molecule has 1 saturated heterocycles. The zero-order chi connectivity index (χ0) is 18.8. The number of H-pyrrole nitrogens is 1. The fourth-order valence-corrected chi connectivity index (χ4v) is 4.10. The molecule has 0 unspecified atom stereocenters. The van der Waals surface area contributed by atoms with Crippen molar-refractivity contribution in [2.75, 3.05) is 31.1 Å². The van der Waals surface area contributed by atoms with Gasteiger partial charge in [0.1, 0.15) is 0 Å². The summed E-state index contributed by atoms with van der Waals surface area (Å²) < 4.78 is 5.80. The summed E-state index contributed by atoms with van der Waals surface area (Å²) in [4.78, 5) is 25.0. The summed E-state index contributed by atoms with van der Waals surface area (Å²) in [6.45, 7) is 8.27. The second-order valence-corrected chi connectivity index (χ2v) is 7.74. The number of hydrogen-bond donors (Lipinski definition) is 1. The molecule has 0 bridgehead atoms. The van der Waals surface area contributed by atoms with E-state index in [-0.39, 0.29) is 17.8 Å². The number of nitrogens with one attached hydrogen (secondary N) is 1. The Labute approximate surface area is 160 Å². The standard InChI is InChI=1S/C21H28N4O2/c1-15-12-25(13-16(2)27-15)21-22-19-14-24(11-9-18(19)20(26)23-21)10-8-17-6-4-3-5-7-17/h3-7,15-16H,8-14H2,1-2H3,(H,22,23,26)/t15-,16-/m1/s1. The molecule has 6 heteroatoms. The van der Waals surface area contributed by atoms with E-state index in [2.05, 4.69) is 52.9 Å². The number of morpholine rings is 1. The molecule has 27 heavy (non-hydrogen) atoms. The summed E-state index contributed by atoms with van der Waals surface area (Å²) in [5.74, 6) is 0.686. The van der Waals surface area contributed by atoms with Crippen LogP contribution in [-0.2, 0) is 24.1 Å². The lowest BCUT2D eigenvalue weighted by atomic mass is 10.1. The Morgan fingerprint density at radius 3 is 2.67 bits per heavy atom. The van der Waals surface area contributed by atoms with Crippen molar-refractivity contribution in [1.82, 2.24) is 14.9 Å². The fraction of sp³-hybridized carbons (Fsp3) is 0.524. The molecule has 4 rings (SSSR count). The summed E-state index contributed by atoms with van der Waals surface area (Å²) in [7, 11) is 0. The van der Waals surface area contributed by atoms with E-state index in [1.807, 2.05) is 6.07 Å². The van der Waals surface area contributed by atoms with Crippen molar-refractivity contribution in [3.8, 4) is 0 Å². The lowest BCUT2D eigenvalue weighted by Gasteiger charge is -2.36. The van der Waals surface area contributed by atoms with Crippen molar-refractivity contribution in [3.63, 3.8) is 0 Å². The number of nitrogens with zero attached hydrogens (tertiary/aromatic N) is 3. The first kappa shape index (κ1) is 18.2. The summed E-state index contributed by atoms with van der Waals surface area (Å²) in [5, 5.41) is 0. The Bertz CT molecular complexity index is 826. The molecule has 2 aliphatic rings. The van der Waals surface area contributed by atoms with Gasteiger partial charge >= 0.3 is 0 Å². The van der Waals surface area contributed by atoms with Crippen molar-refractivity contribution in [3.05, 3.63) is 57.5 Å². The molecular formula is C21H28N4O2. The minimum absolute atomic E-state index is 0.0181. The minimum atomic E-state index is 0.0181. The van der Waals surface area contributed by atoms with Crippen LogP contribution in [0.5, 0.6) is 0 Å². The Kier molecular flexibility index (Phi) is 5.27. The molecule has 1 aromatic heterocycles. The molecule has 2 atom stereocenters. The third-order valence-electron chi connectivity index (χ3n) is 5.42. The molecule has 0 spiro atoms. The van der Waals surface area contributed by atoms with E-state index in [1.165, 1.54) is 5.56 Å². The van der Waals surface area contributed by atoms with Crippen molar-refractivity contribution in [2.45, 2.75) is 45.4 Å². The van der Waals surface area contributed by atoms with E-state index in [9.17, 15) is 4.79 Å². The predicted octanol–water partition coefficient (Wildman–Crippen LogP) is 1.98. The second kappa shape index (κ2) is 7.82. The molecule has 0 saturated carbocycles. The minimum Gasteiger partial charge on any atom is -0.372 e. The van der Waals surface area contributed by atoms with Gasteiger partial charge in [-0.25, -0.2) is 4.98 Å². The van der Waals surface area contributed by atoms with E-state index >= 15 is 0 Å². The lowest BCUT2D eigenvalue weighted by Crippen LogP contribution is -2.47. The molecule has 2 aromatic rings. The van der Waals surface area contributed by atoms with Gasteiger partial charge in [0.05, 0.1) is 17.9 Å². The van der Waals surface area contributed by atoms with Gasteiger partial charge in [0.15, 0.2) is 0 Å². The number of anilines is 1. The van der Waals surface area contributed by atoms with Crippen LogP contribution in [0, 0.1) is 0 Å². The van der Waals surface area contributed by atoms with Crippen LogP contribution in [-0.4, -0.2) is 53.3 Å². The van der Waals surface area contributed by atoms with E-state index in [4.69, 9.17) is 9.72 Å². The third-order valence-corrected chi connectivity index (χ3v) is 5.42. The van der Waals surface area contributed by atoms with Crippen LogP contribution < -0.4 is 10.5 Å². The zero-order valence-electron chi connectivity index (χ0n) is 16.1. The zero-order valence-corrected chi connectivity index (χ0v) is 16.1. The maximum atomic E-state index is 12.6. The van der Waals surface area contributed by atoms with Gasteiger partial charge in [-0.2, -0.15) is 0 Å². The van der Waals surface area contributed by atoms with Crippen molar-refractivity contribution >= 4 is 5.95 Å². The normalized spacial score (nSPS) is 23.3. The quantitative estimate of drug-likeness (QED) is 0.894. The van der Waals surface area contributed by atoms with Gasteiger partial charge in [-0.05, 0) is 32.3 Å². The number of benzene rings is 1. The summed E-state index contributed by atoms with van der Waals surface area (Å²) in [5.41, 5.74) is 3.15. The third kappa shape index (κ3) is 4.22. The molecule has 0 aliphatic carbocycles. The Morgan fingerprint density at radius 1 is 1.19 bits per heavy atom. The number of rotatable bonds is 4. The average Bonchev–Trinajstić information content (AvgIpc) is 2.66. The maximum Gasteiger partial charge on any atom is 0.255 e. The van der Waals surface area contributed by atoms with Gasteiger partial charge in [0.25, 0.3) is 5.56 Å². The van der Waals surface area contributed by atoms with Crippen LogP contribution in [0.2, 0.25) is 0 Å². The van der Waals surface area contributed by atoms with E-state index in [0.717, 1.165) is 56.8 Å². The molecule has 2 aliphatic heterocycles. The SMILES string of the molecule is C[C@@H]1CN(c2nc3c(c(=O)[nH]2)CCN(CCc2ccccc2)C3)C[C@@H](C)O1. The van der Waals surface area contributed by atoms with Crippen LogP contribution in [0.1, 0.15) is 30.7 Å². The first-order chi connectivity index (χ1) is 13.1. The number of ether oxygens (including phenoxy) is 1. The van der Waals surface area contributed by atoms with E-state index < -0.39 is 0 Å². The molecule has 0 amide bonds. The number of hydrogen-bond acceptors (Lipinski definition) is 5. The molecule has 6 nitrogen and oxygen atoms in total. The molecule has 3 heterocycles. The Hall–Kier alpha value is -2.18. The summed E-state index contributed by atoms with van der Waals surface area (Å²) in [6.07, 6.45) is 2.06.